The van der Waals surface area contributed by atoms with Crippen LogP contribution in [0.15, 0.2) is 23.2 Å². The van der Waals surface area contributed by atoms with Crippen LogP contribution >= 0.6 is 0 Å². The van der Waals surface area contributed by atoms with Crippen LogP contribution in [0.1, 0.15) is 37.3 Å². The van der Waals surface area contributed by atoms with Crippen LogP contribution in [-0.2, 0) is 6.42 Å². The zero-order valence-electron chi connectivity index (χ0n) is 14.5. The van der Waals surface area contributed by atoms with Crippen molar-refractivity contribution in [2.24, 2.45) is 4.99 Å². The van der Waals surface area contributed by atoms with E-state index in [1.807, 2.05) is 13.0 Å². The summed E-state index contributed by atoms with van der Waals surface area (Å²) < 4.78 is 5.41. The van der Waals surface area contributed by atoms with Crippen LogP contribution in [0, 0.1) is 6.92 Å². The molecule has 1 aromatic carbocycles. The monoisotopic (exact) mass is 319 g/mol. The maximum atomic E-state index is 10.2. The van der Waals surface area contributed by atoms with Crippen molar-refractivity contribution >= 4 is 5.96 Å². The van der Waals surface area contributed by atoms with Gasteiger partial charge in [-0.05, 0) is 51.2 Å². The van der Waals surface area contributed by atoms with Gasteiger partial charge in [-0.25, -0.2) is 0 Å². The zero-order valence-corrected chi connectivity index (χ0v) is 14.5. The van der Waals surface area contributed by atoms with Gasteiger partial charge in [0.1, 0.15) is 5.75 Å². The summed E-state index contributed by atoms with van der Waals surface area (Å²) in [6, 6.07) is 6.22. The number of aliphatic imine (C=N–C) groups is 1. The van der Waals surface area contributed by atoms with E-state index in [2.05, 4.69) is 34.7 Å². The van der Waals surface area contributed by atoms with Gasteiger partial charge < -0.3 is 20.5 Å². The average Bonchev–Trinajstić information content (AvgIpc) is 2.51. The fourth-order valence-electron chi connectivity index (χ4n) is 2.73. The molecule has 5 nitrogen and oxygen atoms in total. The Morgan fingerprint density at radius 1 is 1.35 bits per heavy atom. The number of hydrogen-bond donors (Lipinski definition) is 3. The second-order valence-electron chi connectivity index (χ2n) is 6.27. The third-order valence-electron chi connectivity index (χ3n) is 4.28. The van der Waals surface area contributed by atoms with Crippen molar-refractivity contribution in [2.75, 3.05) is 26.7 Å². The van der Waals surface area contributed by atoms with Crippen LogP contribution in [0.3, 0.4) is 0 Å². The molecule has 2 rings (SSSR count). The largest absolute Gasteiger partial charge is 0.496 e. The SMILES string of the molecule is CCNC(=NCC1(O)CCC1)NCCc1cc(C)ccc1OC. The summed E-state index contributed by atoms with van der Waals surface area (Å²) >= 11 is 0. The lowest BCUT2D eigenvalue weighted by Crippen LogP contribution is -2.43. The Kier molecular flexibility index (Phi) is 6.28. The van der Waals surface area contributed by atoms with Gasteiger partial charge in [-0.15, -0.1) is 0 Å². The van der Waals surface area contributed by atoms with Crippen LogP contribution < -0.4 is 15.4 Å². The lowest BCUT2D eigenvalue weighted by atomic mass is 9.80. The number of nitrogens with one attached hydrogen (secondary N) is 2. The molecule has 0 saturated heterocycles. The number of aryl methyl sites for hydroxylation is 1. The van der Waals surface area contributed by atoms with E-state index in [1.165, 1.54) is 11.1 Å². The maximum absolute atomic E-state index is 10.2. The molecule has 5 heteroatoms. The van der Waals surface area contributed by atoms with Gasteiger partial charge in [-0.1, -0.05) is 17.7 Å². The van der Waals surface area contributed by atoms with Crippen LogP contribution in [0.4, 0.5) is 0 Å². The van der Waals surface area contributed by atoms with Gasteiger partial charge >= 0.3 is 0 Å². The van der Waals surface area contributed by atoms with E-state index in [-0.39, 0.29) is 0 Å². The number of benzene rings is 1. The molecule has 23 heavy (non-hydrogen) atoms. The van der Waals surface area contributed by atoms with Gasteiger partial charge in [0.15, 0.2) is 5.96 Å². The van der Waals surface area contributed by atoms with E-state index in [4.69, 9.17) is 4.74 Å². The molecule has 0 amide bonds. The van der Waals surface area contributed by atoms with Crippen molar-refractivity contribution in [3.05, 3.63) is 29.3 Å². The molecule has 1 aromatic rings. The van der Waals surface area contributed by atoms with Crippen molar-refractivity contribution < 1.29 is 9.84 Å². The first-order valence-electron chi connectivity index (χ1n) is 8.44. The molecule has 1 aliphatic rings. The maximum Gasteiger partial charge on any atom is 0.191 e. The molecule has 1 saturated carbocycles. The number of nitrogens with zero attached hydrogens (tertiary/aromatic N) is 1. The minimum absolute atomic E-state index is 0.468. The van der Waals surface area contributed by atoms with Gasteiger partial charge in [-0.3, -0.25) is 4.99 Å². The molecule has 0 aromatic heterocycles. The molecule has 0 heterocycles. The van der Waals surface area contributed by atoms with Gasteiger partial charge in [0, 0.05) is 13.1 Å². The molecule has 0 radical (unpaired) electrons. The van der Waals surface area contributed by atoms with E-state index in [1.54, 1.807) is 7.11 Å². The standard InChI is InChI=1S/C18H29N3O2/c1-4-19-17(21-13-18(22)9-5-10-18)20-11-8-15-12-14(2)6-7-16(15)23-3/h6-7,12,22H,4-5,8-11,13H2,1-3H3,(H2,19,20,21). The summed E-state index contributed by atoms with van der Waals surface area (Å²) in [7, 11) is 1.70. The Labute approximate surface area is 139 Å². The van der Waals surface area contributed by atoms with Gasteiger partial charge in [0.05, 0.1) is 19.3 Å². The Bertz CT molecular complexity index is 539. The summed E-state index contributed by atoms with van der Waals surface area (Å²) in [4.78, 5) is 4.51. The number of aliphatic hydroxyl groups is 1. The van der Waals surface area contributed by atoms with Crippen molar-refractivity contribution in [3.63, 3.8) is 0 Å². The van der Waals surface area contributed by atoms with Gasteiger partial charge in [-0.2, -0.15) is 0 Å². The first kappa shape index (κ1) is 17.6. The second-order valence-corrected chi connectivity index (χ2v) is 6.27. The first-order valence-corrected chi connectivity index (χ1v) is 8.44. The normalized spacial score (nSPS) is 16.6. The highest BCUT2D eigenvalue weighted by atomic mass is 16.5. The molecule has 3 N–H and O–H groups in total. The third-order valence-corrected chi connectivity index (χ3v) is 4.28. The first-order chi connectivity index (χ1) is 11.1. The zero-order chi connectivity index (χ0) is 16.7. The summed E-state index contributed by atoms with van der Waals surface area (Å²) in [5.74, 6) is 1.68. The number of hydrogen-bond acceptors (Lipinski definition) is 3. The quantitative estimate of drug-likeness (QED) is 0.531. The highest BCUT2D eigenvalue weighted by Gasteiger charge is 2.34. The van der Waals surface area contributed by atoms with Crippen molar-refractivity contribution in [3.8, 4) is 5.75 Å². The minimum Gasteiger partial charge on any atom is -0.496 e. The van der Waals surface area contributed by atoms with E-state index in [0.29, 0.717) is 6.54 Å². The Morgan fingerprint density at radius 3 is 2.74 bits per heavy atom. The smallest absolute Gasteiger partial charge is 0.191 e. The van der Waals surface area contributed by atoms with Crippen LogP contribution in [0.25, 0.3) is 0 Å². The molecular formula is C18H29N3O2. The summed E-state index contributed by atoms with van der Waals surface area (Å²) in [5, 5.41) is 16.7. The molecular weight excluding hydrogens is 290 g/mol. The van der Waals surface area contributed by atoms with Crippen LogP contribution in [-0.4, -0.2) is 43.4 Å². The Morgan fingerprint density at radius 2 is 2.13 bits per heavy atom. The molecule has 128 valence electrons. The van der Waals surface area contributed by atoms with E-state index in [9.17, 15) is 5.11 Å². The fourth-order valence-corrected chi connectivity index (χ4v) is 2.73. The predicted octanol–water partition coefficient (Wildman–Crippen LogP) is 2.02. The number of ether oxygens (including phenoxy) is 1. The summed E-state index contributed by atoms with van der Waals surface area (Å²) in [6.07, 6.45) is 3.68. The fraction of sp³-hybridized carbons (Fsp3) is 0.611. The van der Waals surface area contributed by atoms with E-state index in [0.717, 1.165) is 50.5 Å². The highest BCUT2D eigenvalue weighted by molar-refractivity contribution is 5.79. The Hall–Kier alpha value is -1.75. The molecule has 0 unspecified atom stereocenters. The lowest BCUT2D eigenvalue weighted by molar-refractivity contribution is -0.0236. The summed E-state index contributed by atoms with van der Waals surface area (Å²) in [6.45, 7) is 6.16. The van der Waals surface area contributed by atoms with Gasteiger partial charge in [0.25, 0.3) is 0 Å². The second kappa shape index (κ2) is 8.20. The Balaban J connectivity index is 1.88. The van der Waals surface area contributed by atoms with E-state index >= 15 is 0 Å². The average molecular weight is 319 g/mol. The molecule has 1 fully saturated rings. The number of rotatable bonds is 7. The summed E-state index contributed by atoms with van der Waals surface area (Å²) in [5.41, 5.74) is 1.84. The lowest BCUT2D eigenvalue weighted by Gasteiger charge is -2.35. The van der Waals surface area contributed by atoms with Crippen molar-refractivity contribution in [1.82, 2.24) is 10.6 Å². The highest BCUT2D eigenvalue weighted by Crippen LogP contribution is 2.31. The van der Waals surface area contributed by atoms with Crippen LogP contribution in [0.2, 0.25) is 0 Å². The number of methoxy groups -OCH3 is 1. The third kappa shape index (κ3) is 5.13. The molecule has 1 aliphatic carbocycles. The van der Waals surface area contributed by atoms with Crippen molar-refractivity contribution in [2.45, 2.75) is 45.1 Å². The topological polar surface area (TPSA) is 65.9 Å². The van der Waals surface area contributed by atoms with E-state index < -0.39 is 5.60 Å². The van der Waals surface area contributed by atoms with Gasteiger partial charge in [0.2, 0.25) is 0 Å². The predicted molar refractivity (Wildman–Crippen MR) is 94.2 cm³/mol. The molecule has 0 spiro atoms. The molecule has 0 atom stereocenters. The van der Waals surface area contributed by atoms with Crippen molar-refractivity contribution in [1.29, 1.82) is 0 Å². The number of guanidine groups is 1. The van der Waals surface area contributed by atoms with Crippen LogP contribution in [0.5, 0.6) is 5.75 Å². The molecule has 0 bridgehead atoms. The minimum atomic E-state index is -0.581. The molecule has 0 aliphatic heterocycles.